The maximum Gasteiger partial charge on any atom is 0.227 e. The number of halogens is 2. The summed E-state index contributed by atoms with van der Waals surface area (Å²) in [6.45, 7) is 2.03. The topological polar surface area (TPSA) is 41.1 Å². The third kappa shape index (κ3) is 2.10. The van der Waals surface area contributed by atoms with Crippen molar-refractivity contribution in [2.75, 3.05) is 18.4 Å². The van der Waals surface area contributed by atoms with Gasteiger partial charge in [-0.05, 0) is 36.5 Å². The van der Waals surface area contributed by atoms with Crippen LogP contribution in [0.15, 0.2) is 18.2 Å². The van der Waals surface area contributed by atoms with Crippen LogP contribution in [0.5, 0.6) is 0 Å². The monoisotopic (exact) mass is 268 g/mol. The van der Waals surface area contributed by atoms with Gasteiger partial charge in [-0.25, -0.2) is 4.39 Å². The van der Waals surface area contributed by atoms with E-state index in [1.54, 1.807) is 6.07 Å². The summed E-state index contributed by atoms with van der Waals surface area (Å²) in [7, 11) is 0. The zero-order chi connectivity index (χ0) is 12.8. The molecular weight excluding hydrogens is 255 g/mol. The first kappa shape index (κ1) is 11.9. The molecule has 2 N–H and O–H groups in total. The summed E-state index contributed by atoms with van der Waals surface area (Å²) in [5.41, 5.74) is 0.791. The van der Waals surface area contributed by atoms with Crippen LogP contribution in [0.4, 0.5) is 10.1 Å². The summed E-state index contributed by atoms with van der Waals surface area (Å²) in [5.74, 6) is -0.422. The lowest BCUT2D eigenvalue weighted by Crippen LogP contribution is -2.61. The fourth-order valence-electron chi connectivity index (χ4n) is 2.81. The Labute approximate surface area is 110 Å². The van der Waals surface area contributed by atoms with E-state index in [2.05, 4.69) is 10.6 Å². The average molecular weight is 269 g/mol. The van der Waals surface area contributed by atoms with Crippen LogP contribution in [0.2, 0.25) is 5.02 Å². The molecule has 1 aliphatic carbocycles. The van der Waals surface area contributed by atoms with Gasteiger partial charge >= 0.3 is 0 Å². The molecule has 0 radical (unpaired) electrons. The molecule has 2 aliphatic rings. The first-order chi connectivity index (χ1) is 8.56. The van der Waals surface area contributed by atoms with E-state index < -0.39 is 5.82 Å². The van der Waals surface area contributed by atoms with E-state index in [0.717, 1.165) is 25.9 Å². The summed E-state index contributed by atoms with van der Waals surface area (Å²) in [6, 6.07) is 4.06. The van der Waals surface area contributed by atoms with E-state index in [4.69, 9.17) is 11.6 Å². The number of rotatable bonds is 2. The third-order valence-electron chi connectivity index (χ3n) is 3.86. The molecule has 3 rings (SSSR count). The summed E-state index contributed by atoms with van der Waals surface area (Å²) in [5, 5.41) is 6.25. The average Bonchev–Trinajstić information content (AvgIpc) is 2.10. The number of anilines is 1. The van der Waals surface area contributed by atoms with Crippen molar-refractivity contribution in [1.29, 1.82) is 0 Å². The van der Waals surface area contributed by atoms with Gasteiger partial charge in [-0.15, -0.1) is 0 Å². The number of hydrogen-bond donors (Lipinski definition) is 2. The Morgan fingerprint density at radius 2 is 2.11 bits per heavy atom. The maximum atomic E-state index is 13.1. The van der Waals surface area contributed by atoms with E-state index in [0.29, 0.717) is 16.1 Å². The van der Waals surface area contributed by atoms with Crippen LogP contribution in [-0.2, 0) is 4.79 Å². The molecule has 1 saturated carbocycles. The molecule has 2 fully saturated rings. The summed E-state index contributed by atoms with van der Waals surface area (Å²) >= 11 is 5.74. The highest BCUT2D eigenvalue weighted by Crippen LogP contribution is 2.48. The van der Waals surface area contributed by atoms with Crippen LogP contribution >= 0.6 is 11.6 Å². The lowest BCUT2D eigenvalue weighted by atomic mass is 9.58. The van der Waals surface area contributed by atoms with Crippen molar-refractivity contribution in [2.24, 2.45) is 11.3 Å². The molecule has 1 amide bonds. The smallest absolute Gasteiger partial charge is 0.227 e. The number of hydrogen-bond acceptors (Lipinski definition) is 2. The van der Waals surface area contributed by atoms with Crippen LogP contribution in [0.3, 0.4) is 0 Å². The lowest BCUT2D eigenvalue weighted by molar-refractivity contribution is -0.129. The van der Waals surface area contributed by atoms with Crippen LogP contribution in [-0.4, -0.2) is 19.0 Å². The van der Waals surface area contributed by atoms with Crippen molar-refractivity contribution in [2.45, 2.75) is 12.8 Å². The maximum absolute atomic E-state index is 13.1. The molecule has 96 valence electrons. The molecule has 1 aliphatic heterocycles. The lowest BCUT2D eigenvalue weighted by Gasteiger charge is -2.53. The first-order valence-corrected chi connectivity index (χ1v) is 6.42. The molecule has 0 atom stereocenters. The highest BCUT2D eigenvalue weighted by atomic mass is 35.5. The van der Waals surface area contributed by atoms with Gasteiger partial charge in [-0.3, -0.25) is 4.79 Å². The van der Waals surface area contributed by atoms with E-state index in [1.165, 1.54) is 12.1 Å². The second-order valence-corrected chi connectivity index (χ2v) is 5.79. The van der Waals surface area contributed by atoms with Crippen molar-refractivity contribution in [3.63, 3.8) is 0 Å². The summed E-state index contributed by atoms with van der Waals surface area (Å²) in [6.07, 6.45) is 1.85. The Morgan fingerprint density at radius 3 is 2.67 bits per heavy atom. The number of amides is 1. The first-order valence-electron chi connectivity index (χ1n) is 6.04. The van der Waals surface area contributed by atoms with Crippen LogP contribution in [0.25, 0.3) is 0 Å². The molecule has 18 heavy (non-hydrogen) atoms. The van der Waals surface area contributed by atoms with E-state index in [-0.39, 0.29) is 11.8 Å². The number of benzene rings is 1. The van der Waals surface area contributed by atoms with Gasteiger partial charge in [-0.1, -0.05) is 11.6 Å². The van der Waals surface area contributed by atoms with Crippen LogP contribution in [0.1, 0.15) is 12.8 Å². The van der Waals surface area contributed by atoms with Gasteiger partial charge in [0.25, 0.3) is 0 Å². The quantitative estimate of drug-likeness (QED) is 0.865. The zero-order valence-corrected chi connectivity index (χ0v) is 10.6. The normalized spacial score (nSPS) is 21.2. The molecule has 1 aromatic carbocycles. The Morgan fingerprint density at radius 1 is 1.39 bits per heavy atom. The van der Waals surface area contributed by atoms with E-state index >= 15 is 0 Å². The Kier molecular flexibility index (Phi) is 2.79. The highest BCUT2D eigenvalue weighted by molar-refractivity contribution is 6.30. The fourth-order valence-corrected chi connectivity index (χ4v) is 3.03. The minimum atomic E-state index is -0.439. The van der Waals surface area contributed by atoms with E-state index in [9.17, 15) is 9.18 Å². The Hall–Kier alpha value is -1.13. The molecule has 3 nitrogen and oxygen atoms in total. The standard InChI is InChI=1S/C13H14ClFN2O/c14-9-1-10(15)3-11(2-9)17-12(18)8-4-13(5-8)6-16-7-13/h1-3,8,16H,4-7H2,(H,17,18). The fraction of sp³-hybridized carbons (Fsp3) is 0.462. The number of carbonyl (C=O) groups is 1. The minimum absolute atomic E-state index is 0.0332. The van der Waals surface area contributed by atoms with Gasteiger partial charge in [0.15, 0.2) is 0 Å². The molecule has 5 heteroatoms. The number of nitrogens with one attached hydrogen (secondary N) is 2. The van der Waals surface area contributed by atoms with Crippen molar-refractivity contribution in [3.8, 4) is 0 Å². The molecular formula is C13H14ClFN2O. The summed E-state index contributed by atoms with van der Waals surface area (Å²) in [4.78, 5) is 11.9. The molecule has 1 aromatic rings. The molecule has 0 bridgehead atoms. The molecule has 1 spiro atoms. The largest absolute Gasteiger partial charge is 0.326 e. The second-order valence-electron chi connectivity index (χ2n) is 5.36. The van der Waals surface area contributed by atoms with E-state index in [1.807, 2.05) is 0 Å². The van der Waals surface area contributed by atoms with Crippen molar-refractivity contribution < 1.29 is 9.18 Å². The van der Waals surface area contributed by atoms with Crippen molar-refractivity contribution >= 4 is 23.2 Å². The zero-order valence-electron chi connectivity index (χ0n) is 9.80. The van der Waals surface area contributed by atoms with Gasteiger partial charge in [0.05, 0.1) is 0 Å². The van der Waals surface area contributed by atoms with Gasteiger partial charge in [0.2, 0.25) is 5.91 Å². The van der Waals surface area contributed by atoms with Gasteiger partial charge in [0, 0.05) is 29.7 Å². The predicted molar refractivity (Wildman–Crippen MR) is 68.1 cm³/mol. The van der Waals surface area contributed by atoms with Crippen LogP contribution < -0.4 is 10.6 Å². The predicted octanol–water partition coefficient (Wildman–Crippen LogP) is 2.42. The van der Waals surface area contributed by atoms with Crippen molar-refractivity contribution in [3.05, 3.63) is 29.0 Å². The van der Waals surface area contributed by atoms with Gasteiger partial charge in [-0.2, -0.15) is 0 Å². The van der Waals surface area contributed by atoms with Gasteiger partial charge in [0.1, 0.15) is 5.82 Å². The Balaban J connectivity index is 1.61. The van der Waals surface area contributed by atoms with Crippen LogP contribution in [0, 0.1) is 17.2 Å². The van der Waals surface area contributed by atoms with Crippen molar-refractivity contribution in [1.82, 2.24) is 5.32 Å². The Bertz CT molecular complexity index is 474. The molecule has 0 unspecified atom stereocenters. The second kappa shape index (κ2) is 4.21. The minimum Gasteiger partial charge on any atom is -0.326 e. The SMILES string of the molecule is O=C(Nc1cc(F)cc(Cl)c1)C1CC2(CNC2)C1. The highest BCUT2D eigenvalue weighted by Gasteiger charge is 2.50. The molecule has 0 aromatic heterocycles. The van der Waals surface area contributed by atoms with Gasteiger partial charge < -0.3 is 10.6 Å². The molecule has 1 heterocycles. The third-order valence-corrected chi connectivity index (χ3v) is 4.08. The summed E-state index contributed by atoms with van der Waals surface area (Å²) < 4.78 is 13.1. The molecule has 1 saturated heterocycles. The number of carbonyl (C=O) groups excluding carboxylic acids is 1.